The van der Waals surface area contributed by atoms with E-state index >= 15 is 0 Å². The van der Waals surface area contributed by atoms with Crippen LogP contribution in [-0.4, -0.2) is 47.2 Å². The van der Waals surface area contributed by atoms with Crippen molar-refractivity contribution >= 4 is 11.9 Å². The molecule has 1 spiro atoms. The summed E-state index contributed by atoms with van der Waals surface area (Å²) < 4.78 is 53.7. The summed E-state index contributed by atoms with van der Waals surface area (Å²) in [6.07, 6.45) is -2.66. The predicted octanol–water partition coefficient (Wildman–Crippen LogP) is 5.72. The fraction of sp³-hybridized carbons (Fsp3) is 0.500. The number of para-hydroxylation sites is 1. The predicted molar refractivity (Wildman–Crippen MR) is 128 cm³/mol. The minimum atomic E-state index is -4.63. The molecule has 0 saturated carbocycles. The molecular formula is C28H30F3NO5. The molecule has 2 aromatic carbocycles. The van der Waals surface area contributed by atoms with Gasteiger partial charge in [0.05, 0.1) is 23.8 Å². The molecule has 1 amide bonds. The van der Waals surface area contributed by atoms with Gasteiger partial charge in [-0.15, -0.1) is 0 Å². The summed E-state index contributed by atoms with van der Waals surface area (Å²) in [5.74, 6) is -1.04. The first-order valence-corrected chi connectivity index (χ1v) is 12.6. The molecule has 9 heteroatoms. The average molecular weight is 518 g/mol. The van der Waals surface area contributed by atoms with E-state index in [1.165, 1.54) is 23.1 Å². The van der Waals surface area contributed by atoms with Crippen LogP contribution in [0.15, 0.2) is 48.5 Å². The zero-order chi connectivity index (χ0) is 26.4. The van der Waals surface area contributed by atoms with Gasteiger partial charge in [0.1, 0.15) is 11.4 Å². The second-order valence-electron chi connectivity index (χ2n) is 10.8. The number of carboxylic acid groups (broad SMARTS) is 1. The standard InChI is InChI=1S/C28H30F3NO5/c1-26(13-11-23(33)34)21-15-27(17-36-24(21)19-8-3-5-10-22(19)37-26)12-6-14-32(16-27)25(35)18-7-2-4-9-20(18)28(29,30)31/h2-5,7-10,21,24H,6,11-17H2,1H3,(H,33,34)/t21-,24+,26-,27-/m1/s1. The number of carboxylic acids is 1. The van der Waals surface area contributed by atoms with Gasteiger partial charge in [0.15, 0.2) is 0 Å². The quantitative estimate of drug-likeness (QED) is 0.561. The van der Waals surface area contributed by atoms with Gasteiger partial charge in [-0.2, -0.15) is 13.2 Å². The molecular weight excluding hydrogens is 487 g/mol. The third-order valence-electron chi connectivity index (χ3n) is 8.19. The Hall–Kier alpha value is -3.07. The van der Waals surface area contributed by atoms with E-state index in [0.717, 1.165) is 18.1 Å². The van der Waals surface area contributed by atoms with Crippen molar-refractivity contribution in [3.63, 3.8) is 0 Å². The minimum absolute atomic E-state index is 0.0618. The van der Waals surface area contributed by atoms with Crippen LogP contribution in [0, 0.1) is 11.3 Å². The smallest absolute Gasteiger partial charge is 0.417 e. The number of alkyl halides is 3. The summed E-state index contributed by atoms with van der Waals surface area (Å²) in [7, 11) is 0. The number of amides is 1. The van der Waals surface area contributed by atoms with Crippen molar-refractivity contribution in [2.75, 3.05) is 19.7 Å². The van der Waals surface area contributed by atoms with Crippen LogP contribution < -0.4 is 4.74 Å². The Morgan fingerprint density at radius 1 is 1.14 bits per heavy atom. The highest BCUT2D eigenvalue weighted by Crippen LogP contribution is 2.56. The normalized spacial score (nSPS) is 29.2. The molecule has 2 fully saturated rings. The van der Waals surface area contributed by atoms with Gasteiger partial charge >= 0.3 is 12.1 Å². The molecule has 3 heterocycles. The Balaban J connectivity index is 1.43. The van der Waals surface area contributed by atoms with Crippen LogP contribution in [0.5, 0.6) is 5.75 Å². The lowest BCUT2D eigenvalue weighted by Gasteiger charge is -2.55. The Morgan fingerprint density at radius 3 is 2.62 bits per heavy atom. The first-order chi connectivity index (χ1) is 17.5. The van der Waals surface area contributed by atoms with Gasteiger partial charge in [-0.05, 0) is 50.8 Å². The van der Waals surface area contributed by atoms with E-state index in [4.69, 9.17) is 9.47 Å². The third-order valence-corrected chi connectivity index (χ3v) is 8.19. The van der Waals surface area contributed by atoms with E-state index in [0.29, 0.717) is 38.2 Å². The molecule has 0 bridgehead atoms. The average Bonchev–Trinajstić information content (AvgIpc) is 2.87. The van der Waals surface area contributed by atoms with Gasteiger partial charge in [-0.25, -0.2) is 0 Å². The molecule has 2 aromatic rings. The van der Waals surface area contributed by atoms with Crippen LogP contribution >= 0.6 is 0 Å². The minimum Gasteiger partial charge on any atom is -0.487 e. The highest BCUT2D eigenvalue weighted by molar-refractivity contribution is 5.96. The lowest BCUT2D eigenvalue weighted by molar-refractivity contribution is -0.181. The first-order valence-electron chi connectivity index (χ1n) is 12.6. The summed E-state index contributed by atoms with van der Waals surface area (Å²) in [6.45, 7) is 2.92. The second-order valence-corrected chi connectivity index (χ2v) is 10.8. The van der Waals surface area contributed by atoms with E-state index in [2.05, 4.69) is 0 Å². The number of piperidine rings is 1. The highest BCUT2D eigenvalue weighted by Gasteiger charge is 2.55. The number of hydrogen-bond donors (Lipinski definition) is 1. The summed E-state index contributed by atoms with van der Waals surface area (Å²) in [5, 5.41) is 9.36. The van der Waals surface area contributed by atoms with Crippen LogP contribution in [0.1, 0.15) is 66.6 Å². The third kappa shape index (κ3) is 4.81. The Bertz CT molecular complexity index is 1200. The van der Waals surface area contributed by atoms with Crippen molar-refractivity contribution < 1.29 is 37.3 Å². The van der Waals surface area contributed by atoms with Gasteiger partial charge in [0.2, 0.25) is 0 Å². The number of aliphatic carboxylic acids is 1. The number of fused-ring (bicyclic) bond motifs is 3. The lowest BCUT2D eigenvalue weighted by atomic mass is 9.64. The number of carbonyl (C=O) groups excluding carboxylic acids is 1. The van der Waals surface area contributed by atoms with Crippen molar-refractivity contribution in [1.82, 2.24) is 4.90 Å². The number of hydrogen-bond acceptors (Lipinski definition) is 4. The zero-order valence-electron chi connectivity index (χ0n) is 20.6. The van der Waals surface area contributed by atoms with Gasteiger partial charge < -0.3 is 19.5 Å². The molecule has 2 saturated heterocycles. The number of ether oxygens (including phenoxy) is 2. The lowest BCUT2D eigenvalue weighted by Crippen LogP contribution is -2.57. The topological polar surface area (TPSA) is 76.1 Å². The van der Waals surface area contributed by atoms with Crippen molar-refractivity contribution in [3.05, 3.63) is 65.2 Å². The van der Waals surface area contributed by atoms with Crippen molar-refractivity contribution in [3.8, 4) is 5.75 Å². The van der Waals surface area contributed by atoms with E-state index < -0.39 is 34.6 Å². The maximum atomic E-state index is 13.6. The fourth-order valence-corrected chi connectivity index (χ4v) is 6.34. The molecule has 0 aromatic heterocycles. The molecule has 0 unspecified atom stereocenters. The molecule has 4 atom stereocenters. The molecule has 0 radical (unpaired) electrons. The maximum Gasteiger partial charge on any atom is 0.417 e. The summed E-state index contributed by atoms with van der Waals surface area (Å²) in [5.41, 5.74) is -1.62. The van der Waals surface area contributed by atoms with Crippen LogP contribution in [0.2, 0.25) is 0 Å². The number of carbonyl (C=O) groups is 2. The van der Waals surface area contributed by atoms with Crippen LogP contribution in [0.25, 0.3) is 0 Å². The van der Waals surface area contributed by atoms with Crippen LogP contribution in [0.4, 0.5) is 13.2 Å². The number of benzene rings is 2. The summed E-state index contributed by atoms with van der Waals surface area (Å²) >= 11 is 0. The summed E-state index contributed by atoms with van der Waals surface area (Å²) in [6, 6.07) is 12.5. The van der Waals surface area contributed by atoms with Gasteiger partial charge in [-0.1, -0.05) is 30.3 Å². The Morgan fingerprint density at radius 2 is 1.86 bits per heavy atom. The van der Waals surface area contributed by atoms with Crippen molar-refractivity contribution in [1.29, 1.82) is 0 Å². The zero-order valence-corrected chi connectivity index (χ0v) is 20.6. The van der Waals surface area contributed by atoms with E-state index in [1.54, 1.807) is 0 Å². The SMILES string of the molecule is C[C@]1(CCC(=O)O)Oc2ccccc2[C@@H]2OC[C@]3(CCCN(C(=O)c4ccccc4C(F)(F)F)C3)C[C@H]21. The largest absolute Gasteiger partial charge is 0.487 e. The van der Waals surface area contributed by atoms with Gasteiger partial charge in [0, 0.05) is 36.4 Å². The fourth-order valence-electron chi connectivity index (χ4n) is 6.34. The number of rotatable bonds is 4. The monoisotopic (exact) mass is 517 g/mol. The maximum absolute atomic E-state index is 13.6. The molecule has 5 rings (SSSR count). The molecule has 3 aliphatic heterocycles. The summed E-state index contributed by atoms with van der Waals surface area (Å²) in [4.78, 5) is 26.3. The van der Waals surface area contributed by atoms with Crippen LogP contribution in [-0.2, 0) is 15.7 Å². The number of likely N-dealkylation sites (tertiary alicyclic amines) is 1. The number of nitrogens with zero attached hydrogens (tertiary/aromatic N) is 1. The first kappa shape index (κ1) is 25.6. The molecule has 3 aliphatic rings. The second kappa shape index (κ2) is 9.35. The Labute approximate surface area is 213 Å². The van der Waals surface area contributed by atoms with Crippen molar-refractivity contribution in [2.45, 2.75) is 56.9 Å². The molecule has 1 N–H and O–H groups in total. The number of halogens is 3. The Kier molecular flexibility index (Phi) is 6.46. The van der Waals surface area contributed by atoms with E-state index in [1.807, 2.05) is 31.2 Å². The molecule has 0 aliphatic carbocycles. The van der Waals surface area contributed by atoms with Gasteiger partial charge in [-0.3, -0.25) is 9.59 Å². The van der Waals surface area contributed by atoms with Crippen LogP contribution in [0.3, 0.4) is 0 Å². The highest BCUT2D eigenvalue weighted by atomic mass is 19.4. The van der Waals surface area contributed by atoms with E-state index in [9.17, 15) is 27.9 Å². The molecule has 37 heavy (non-hydrogen) atoms. The van der Waals surface area contributed by atoms with E-state index in [-0.39, 0.29) is 30.6 Å². The van der Waals surface area contributed by atoms with Crippen molar-refractivity contribution in [2.24, 2.45) is 11.3 Å². The molecule has 6 nitrogen and oxygen atoms in total. The molecule has 198 valence electrons. The van der Waals surface area contributed by atoms with Gasteiger partial charge in [0.25, 0.3) is 5.91 Å².